The number of nitrogens with zero attached hydrogens (tertiary/aromatic N) is 2. The van der Waals surface area contributed by atoms with Gasteiger partial charge in [0.15, 0.2) is 0 Å². The molecule has 2 aromatic rings. The molecule has 0 aliphatic heterocycles. The fourth-order valence-electron chi connectivity index (χ4n) is 1.13. The van der Waals surface area contributed by atoms with E-state index in [9.17, 15) is 0 Å². The third-order valence-corrected chi connectivity index (χ3v) is 3.19. The van der Waals surface area contributed by atoms with Crippen LogP contribution in [0, 0.1) is 0 Å². The van der Waals surface area contributed by atoms with Crippen LogP contribution in [0.4, 0.5) is 17.3 Å². The molecule has 82 valence electrons. The lowest BCUT2D eigenvalue weighted by Crippen LogP contribution is -1.99. The summed E-state index contributed by atoms with van der Waals surface area (Å²) < 4.78 is 1.87. The average Bonchev–Trinajstić information content (AvgIpc) is 2.26. The van der Waals surface area contributed by atoms with Crippen LogP contribution in [0.3, 0.4) is 0 Å². The number of anilines is 3. The molecular formula is C10H8Br2N4. The molecular weight excluding hydrogens is 336 g/mol. The van der Waals surface area contributed by atoms with E-state index in [1.807, 2.05) is 18.2 Å². The van der Waals surface area contributed by atoms with E-state index in [0.29, 0.717) is 11.6 Å². The number of rotatable bonds is 2. The molecule has 16 heavy (non-hydrogen) atoms. The highest BCUT2D eigenvalue weighted by molar-refractivity contribution is 9.11. The second kappa shape index (κ2) is 4.80. The maximum absolute atomic E-state index is 5.51. The fraction of sp³-hybridized carbons (Fsp3) is 0. The van der Waals surface area contributed by atoms with E-state index in [1.165, 1.54) is 0 Å². The van der Waals surface area contributed by atoms with Gasteiger partial charge in [-0.25, -0.2) is 9.97 Å². The van der Waals surface area contributed by atoms with Crippen molar-refractivity contribution in [3.8, 4) is 0 Å². The van der Waals surface area contributed by atoms with Crippen LogP contribution in [0.15, 0.2) is 39.5 Å². The summed E-state index contributed by atoms with van der Waals surface area (Å²) in [7, 11) is 0. The summed E-state index contributed by atoms with van der Waals surface area (Å²) in [6, 6.07) is 5.80. The first kappa shape index (κ1) is 11.3. The molecule has 0 amide bonds. The second-order valence-electron chi connectivity index (χ2n) is 3.06. The van der Waals surface area contributed by atoms with Crippen molar-refractivity contribution in [2.24, 2.45) is 0 Å². The van der Waals surface area contributed by atoms with E-state index in [-0.39, 0.29) is 0 Å². The van der Waals surface area contributed by atoms with Gasteiger partial charge in [-0.05, 0) is 44.0 Å². The monoisotopic (exact) mass is 342 g/mol. The summed E-state index contributed by atoms with van der Waals surface area (Å²) >= 11 is 6.89. The Balaban J connectivity index is 2.30. The molecule has 0 aliphatic rings. The number of hydrogen-bond donors (Lipinski definition) is 2. The van der Waals surface area contributed by atoms with Crippen molar-refractivity contribution >= 4 is 49.2 Å². The van der Waals surface area contributed by atoms with Crippen molar-refractivity contribution in [1.29, 1.82) is 0 Å². The van der Waals surface area contributed by atoms with Crippen LogP contribution in [-0.4, -0.2) is 9.97 Å². The molecule has 1 aromatic carbocycles. The summed E-state index contributed by atoms with van der Waals surface area (Å²) in [6.07, 6.45) is 3.11. The van der Waals surface area contributed by atoms with Gasteiger partial charge in [0.05, 0.1) is 23.8 Å². The lowest BCUT2D eigenvalue weighted by Gasteiger charge is -2.08. The molecule has 1 aromatic heterocycles. The molecule has 0 saturated carbocycles. The van der Waals surface area contributed by atoms with Gasteiger partial charge < -0.3 is 11.1 Å². The smallest absolute Gasteiger partial charge is 0.227 e. The Morgan fingerprint density at radius 3 is 2.19 bits per heavy atom. The Kier molecular flexibility index (Phi) is 3.40. The topological polar surface area (TPSA) is 63.8 Å². The van der Waals surface area contributed by atoms with Gasteiger partial charge in [0.1, 0.15) is 0 Å². The summed E-state index contributed by atoms with van der Waals surface area (Å²) in [6.45, 7) is 0. The zero-order chi connectivity index (χ0) is 11.5. The van der Waals surface area contributed by atoms with Gasteiger partial charge in [0.25, 0.3) is 0 Å². The van der Waals surface area contributed by atoms with Gasteiger partial charge in [-0.15, -0.1) is 0 Å². The minimum atomic E-state index is 0.502. The first-order valence-corrected chi connectivity index (χ1v) is 6.04. The number of nitrogens with one attached hydrogen (secondary N) is 1. The first-order chi connectivity index (χ1) is 7.66. The maximum Gasteiger partial charge on any atom is 0.227 e. The number of nitrogens with two attached hydrogens (primary N) is 1. The Bertz CT molecular complexity index is 478. The predicted molar refractivity (Wildman–Crippen MR) is 71.6 cm³/mol. The molecule has 3 N–H and O–H groups in total. The number of hydrogen-bond acceptors (Lipinski definition) is 4. The van der Waals surface area contributed by atoms with E-state index >= 15 is 0 Å². The molecule has 6 heteroatoms. The van der Waals surface area contributed by atoms with Crippen LogP contribution in [0.5, 0.6) is 0 Å². The molecule has 0 spiro atoms. The molecule has 0 aliphatic carbocycles. The highest BCUT2D eigenvalue weighted by Crippen LogP contribution is 2.32. The molecule has 0 bridgehead atoms. The number of halogens is 2. The highest BCUT2D eigenvalue weighted by atomic mass is 79.9. The summed E-state index contributed by atoms with van der Waals surface area (Å²) in [5.74, 6) is 0.502. The Morgan fingerprint density at radius 2 is 1.62 bits per heavy atom. The standard InChI is InChI=1S/C10H8Br2N4/c11-7-2-1-3-8(12)9(7)16-10-14-4-6(13)5-15-10/h1-5H,13H2,(H,14,15,16). The number of para-hydroxylation sites is 1. The number of benzene rings is 1. The number of nitrogen functional groups attached to an aromatic ring is 1. The van der Waals surface area contributed by atoms with Gasteiger partial charge in [-0.2, -0.15) is 0 Å². The normalized spacial score (nSPS) is 10.1. The van der Waals surface area contributed by atoms with Crippen LogP contribution < -0.4 is 11.1 Å². The van der Waals surface area contributed by atoms with E-state index in [2.05, 4.69) is 47.1 Å². The largest absolute Gasteiger partial charge is 0.396 e. The van der Waals surface area contributed by atoms with Gasteiger partial charge in [-0.1, -0.05) is 6.07 Å². The van der Waals surface area contributed by atoms with E-state index in [0.717, 1.165) is 14.6 Å². The van der Waals surface area contributed by atoms with Crippen molar-refractivity contribution in [3.63, 3.8) is 0 Å². The van der Waals surface area contributed by atoms with Crippen LogP contribution in [0.1, 0.15) is 0 Å². The Labute approximate surface area is 110 Å². The highest BCUT2D eigenvalue weighted by Gasteiger charge is 2.05. The zero-order valence-electron chi connectivity index (χ0n) is 8.11. The number of aromatic nitrogens is 2. The summed E-state index contributed by atoms with van der Waals surface area (Å²) in [4.78, 5) is 8.13. The molecule has 0 saturated heterocycles. The van der Waals surface area contributed by atoms with Crippen molar-refractivity contribution in [1.82, 2.24) is 9.97 Å². The van der Waals surface area contributed by atoms with Crippen molar-refractivity contribution in [2.75, 3.05) is 11.1 Å². The lowest BCUT2D eigenvalue weighted by atomic mass is 10.3. The molecule has 4 nitrogen and oxygen atoms in total. The maximum atomic E-state index is 5.51. The second-order valence-corrected chi connectivity index (χ2v) is 4.77. The Morgan fingerprint density at radius 1 is 1.06 bits per heavy atom. The SMILES string of the molecule is Nc1cnc(Nc2c(Br)cccc2Br)nc1. The third-order valence-electron chi connectivity index (χ3n) is 1.87. The van der Waals surface area contributed by atoms with Crippen molar-refractivity contribution in [2.45, 2.75) is 0 Å². The zero-order valence-corrected chi connectivity index (χ0v) is 11.3. The van der Waals surface area contributed by atoms with Crippen LogP contribution in [0.2, 0.25) is 0 Å². The molecule has 0 unspecified atom stereocenters. The van der Waals surface area contributed by atoms with Gasteiger partial charge >= 0.3 is 0 Å². The molecule has 0 radical (unpaired) electrons. The Hall–Kier alpha value is -1.14. The lowest BCUT2D eigenvalue weighted by molar-refractivity contribution is 1.17. The minimum absolute atomic E-state index is 0.502. The first-order valence-electron chi connectivity index (χ1n) is 4.45. The van der Waals surface area contributed by atoms with Crippen LogP contribution in [-0.2, 0) is 0 Å². The quantitative estimate of drug-likeness (QED) is 0.877. The van der Waals surface area contributed by atoms with Crippen molar-refractivity contribution in [3.05, 3.63) is 39.5 Å². The summed E-state index contributed by atoms with van der Waals surface area (Å²) in [5, 5.41) is 3.10. The average molecular weight is 344 g/mol. The minimum Gasteiger partial charge on any atom is -0.396 e. The molecule has 0 atom stereocenters. The van der Waals surface area contributed by atoms with Gasteiger partial charge in [0, 0.05) is 8.95 Å². The van der Waals surface area contributed by atoms with Crippen LogP contribution in [0.25, 0.3) is 0 Å². The van der Waals surface area contributed by atoms with Gasteiger partial charge in [-0.3, -0.25) is 0 Å². The van der Waals surface area contributed by atoms with E-state index < -0.39 is 0 Å². The molecule has 0 fully saturated rings. The van der Waals surface area contributed by atoms with E-state index in [1.54, 1.807) is 12.4 Å². The predicted octanol–water partition coefficient (Wildman–Crippen LogP) is 3.33. The molecule has 1 heterocycles. The molecule has 2 rings (SSSR count). The van der Waals surface area contributed by atoms with Crippen molar-refractivity contribution < 1.29 is 0 Å². The van der Waals surface area contributed by atoms with Gasteiger partial charge in [0.2, 0.25) is 5.95 Å². The third kappa shape index (κ3) is 2.51. The summed E-state index contributed by atoms with van der Waals surface area (Å²) in [5.41, 5.74) is 6.93. The van der Waals surface area contributed by atoms with Crippen LogP contribution >= 0.6 is 31.9 Å². The van der Waals surface area contributed by atoms with E-state index in [4.69, 9.17) is 5.73 Å². The fourth-order valence-corrected chi connectivity index (χ4v) is 2.33.